The topological polar surface area (TPSA) is 58.7 Å². The number of carbonyl (C=O) groups excluding carboxylic acids is 1. The Hall–Kier alpha value is -0.900. The molecule has 0 fully saturated rings. The summed E-state index contributed by atoms with van der Waals surface area (Å²) in [5.41, 5.74) is 6.38. The average molecular weight is 197 g/mol. The van der Waals surface area contributed by atoms with Gasteiger partial charge in [-0.25, -0.2) is 5.01 Å². The minimum atomic E-state index is -0.185. The molecule has 1 unspecified atom stereocenters. The first-order chi connectivity index (χ1) is 6.65. The number of carbonyl (C=O) groups is 1. The number of nitrogens with two attached hydrogens (primary N) is 1. The molecule has 0 bridgehead atoms. The highest BCUT2D eigenvalue weighted by molar-refractivity contribution is 6.07. The Bertz CT molecular complexity index is 246. The normalized spacial score (nSPS) is 22.1. The van der Waals surface area contributed by atoms with Crippen molar-refractivity contribution in [3.63, 3.8) is 0 Å². The fourth-order valence-electron chi connectivity index (χ4n) is 1.79. The number of hydrazone groups is 1. The molecule has 1 atom stereocenters. The number of amides is 1. The largest absolute Gasteiger partial charge is 0.329 e. The van der Waals surface area contributed by atoms with Gasteiger partial charge in [-0.1, -0.05) is 13.8 Å². The molecule has 0 aliphatic carbocycles. The summed E-state index contributed by atoms with van der Waals surface area (Å²) in [5, 5.41) is 5.90. The van der Waals surface area contributed by atoms with Gasteiger partial charge in [-0.2, -0.15) is 5.10 Å². The van der Waals surface area contributed by atoms with Crippen molar-refractivity contribution >= 4 is 11.6 Å². The van der Waals surface area contributed by atoms with E-state index in [2.05, 4.69) is 18.9 Å². The molecule has 1 aliphatic heterocycles. The first-order valence-corrected chi connectivity index (χ1v) is 5.23. The van der Waals surface area contributed by atoms with Crippen LogP contribution >= 0.6 is 0 Å². The molecule has 80 valence electrons. The fourth-order valence-corrected chi connectivity index (χ4v) is 1.79. The highest BCUT2D eigenvalue weighted by Gasteiger charge is 2.35. The van der Waals surface area contributed by atoms with Crippen LogP contribution < -0.4 is 5.73 Å². The summed E-state index contributed by atoms with van der Waals surface area (Å²) in [7, 11) is 0. The summed E-state index contributed by atoms with van der Waals surface area (Å²) in [4.78, 5) is 11.8. The van der Waals surface area contributed by atoms with E-state index in [9.17, 15) is 4.79 Å². The molecule has 2 N–H and O–H groups in total. The van der Waals surface area contributed by atoms with Crippen LogP contribution in [0.25, 0.3) is 0 Å². The maximum atomic E-state index is 11.8. The van der Waals surface area contributed by atoms with Gasteiger partial charge in [0.1, 0.15) is 0 Å². The molecule has 0 aromatic carbocycles. The Morgan fingerprint density at radius 1 is 1.50 bits per heavy atom. The molecule has 1 amide bonds. The van der Waals surface area contributed by atoms with Gasteiger partial charge in [0.15, 0.2) is 0 Å². The lowest BCUT2D eigenvalue weighted by molar-refractivity contribution is -0.133. The molecular weight excluding hydrogens is 178 g/mol. The van der Waals surface area contributed by atoms with Crippen molar-refractivity contribution < 1.29 is 4.79 Å². The van der Waals surface area contributed by atoms with Crippen LogP contribution in [0, 0.1) is 5.92 Å². The van der Waals surface area contributed by atoms with Gasteiger partial charge in [0.25, 0.3) is 5.91 Å². The fraction of sp³-hybridized carbons (Fsp3) is 0.800. The van der Waals surface area contributed by atoms with E-state index in [0.29, 0.717) is 6.54 Å². The van der Waals surface area contributed by atoms with Crippen molar-refractivity contribution in [3.8, 4) is 0 Å². The van der Waals surface area contributed by atoms with E-state index in [1.807, 2.05) is 6.92 Å². The Kier molecular flexibility index (Phi) is 3.63. The quantitative estimate of drug-likeness (QED) is 0.730. The molecule has 0 saturated heterocycles. The van der Waals surface area contributed by atoms with E-state index in [1.54, 1.807) is 5.01 Å². The Labute approximate surface area is 85.1 Å². The monoisotopic (exact) mass is 197 g/mol. The van der Waals surface area contributed by atoms with Crippen LogP contribution in [0.15, 0.2) is 5.10 Å². The standard InChI is InChI=1S/C10H19N3O/c1-4-8(5-2)13-10(14)9(6-11)7(3)12-13/h8-9H,4-6,11H2,1-3H3. The van der Waals surface area contributed by atoms with E-state index in [0.717, 1.165) is 18.6 Å². The molecule has 1 rings (SSSR count). The Morgan fingerprint density at radius 3 is 2.43 bits per heavy atom. The van der Waals surface area contributed by atoms with Crippen LogP contribution in [-0.2, 0) is 4.79 Å². The lowest BCUT2D eigenvalue weighted by atomic mass is 10.0. The second kappa shape index (κ2) is 4.55. The molecule has 1 heterocycles. The summed E-state index contributed by atoms with van der Waals surface area (Å²) in [6.45, 7) is 6.38. The molecule has 4 heteroatoms. The van der Waals surface area contributed by atoms with Gasteiger partial charge < -0.3 is 5.73 Å². The molecule has 0 aromatic rings. The van der Waals surface area contributed by atoms with E-state index in [-0.39, 0.29) is 17.9 Å². The highest BCUT2D eigenvalue weighted by Crippen LogP contribution is 2.20. The highest BCUT2D eigenvalue weighted by atomic mass is 16.2. The van der Waals surface area contributed by atoms with Crippen LogP contribution in [0.3, 0.4) is 0 Å². The van der Waals surface area contributed by atoms with Crippen molar-refractivity contribution in [2.45, 2.75) is 39.7 Å². The van der Waals surface area contributed by atoms with Crippen LogP contribution in [0.5, 0.6) is 0 Å². The van der Waals surface area contributed by atoms with Crippen LogP contribution in [-0.4, -0.2) is 29.2 Å². The van der Waals surface area contributed by atoms with Gasteiger partial charge in [-0.3, -0.25) is 4.79 Å². The molecule has 0 spiro atoms. The predicted molar refractivity (Wildman–Crippen MR) is 56.9 cm³/mol. The van der Waals surface area contributed by atoms with Gasteiger partial charge in [-0.15, -0.1) is 0 Å². The number of hydrogen-bond donors (Lipinski definition) is 1. The lowest BCUT2D eigenvalue weighted by Crippen LogP contribution is -2.37. The first kappa shape index (κ1) is 11.2. The zero-order valence-corrected chi connectivity index (χ0v) is 9.16. The van der Waals surface area contributed by atoms with E-state index >= 15 is 0 Å². The molecule has 1 aliphatic rings. The van der Waals surface area contributed by atoms with Gasteiger partial charge in [0.05, 0.1) is 12.0 Å². The van der Waals surface area contributed by atoms with Crippen molar-refractivity contribution in [2.75, 3.05) is 6.54 Å². The molecule has 0 saturated carbocycles. The van der Waals surface area contributed by atoms with Crippen molar-refractivity contribution in [1.29, 1.82) is 0 Å². The van der Waals surface area contributed by atoms with Crippen LogP contribution in [0.4, 0.5) is 0 Å². The Balaban J connectivity index is 2.79. The average Bonchev–Trinajstić information content (AvgIpc) is 2.45. The van der Waals surface area contributed by atoms with Crippen LogP contribution in [0.2, 0.25) is 0 Å². The third-order valence-electron chi connectivity index (χ3n) is 2.82. The maximum Gasteiger partial charge on any atom is 0.253 e. The molecule has 0 radical (unpaired) electrons. The summed E-state index contributed by atoms with van der Waals surface area (Å²) in [6, 6.07) is 0.231. The van der Waals surface area contributed by atoms with Gasteiger partial charge in [0.2, 0.25) is 0 Å². The molecule has 4 nitrogen and oxygen atoms in total. The minimum absolute atomic E-state index is 0.0682. The van der Waals surface area contributed by atoms with Crippen molar-refractivity contribution in [2.24, 2.45) is 16.8 Å². The third-order valence-corrected chi connectivity index (χ3v) is 2.82. The summed E-state index contributed by atoms with van der Waals surface area (Å²) < 4.78 is 0. The first-order valence-electron chi connectivity index (χ1n) is 5.23. The van der Waals surface area contributed by atoms with Crippen LogP contribution in [0.1, 0.15) is 33.6 Å². The predicted octanol–water partition coefficient (Wildman–Crippen LogP) is 0.968. The maximum absolute atomic E-state index is 11.8. The van der Waals surface area contributed by atoms with Gasteiger partial charge in [0, 0.05) is 12.3 Å². The minimum Gasteiger partial charge on any atom is -0.329 e. The zero-order chi connectivity index (χ0) is 10.7. The molecule has 0 aromatic heterocycles. The summed E-state index contributed by atoms with van der Waals surface area (Å²) >= 11 is 0. The summed E-state index contributed by atoms with van der Waals surface area (Å²) in [5.74, 6) is -0.116. The number of nitrogens with zero attached hydrogens (tertiary/aromatic N) is 2. The third kappa shape index (κ3) is 1.80. The van der Waals surface area contributed by atoms with Gasteiger partial charge >= 0.3 is 0 Å². The van der Waals surface area contributed by atoms with E-state index in [4.69, 9.17) is 5.73 Å². The number of rotatable bonds is 4. The van der Waals surface area contributed by atoms with E-state index < -0.39 is 0 Å². The summed E-state index contributed by atoms with van der Waals surface area (Å²) in [6.07, 6.45) is 1.88. The molecule has 14 heavy (non-hydrogen) atoms. The Morgan fingerprint density at radius 2 is 2.07 bits per heavy atom. The van der Waals surface area contributed by atoms with Crippen molar-refractivity contribution in [1.82, 2.24) is 5.01 Å². The molecular formula is C10H19N3O. The number of hydrogen-bond acceptors (Lipinski definition) is 3. The lowest BCUT2D eigenvalue weighted by Gasteiger charge is -2.22. The van der Waals surface area contributed by atoms with Gasteiger partial charge in [-0.05, 0) is 19.8 Å². The second-order valence-corrected chi connectivity index (χ2v) is 3.68. The second-order valence-electron chi connectivity index (χ2n) is 3.68. The van der Waals surface area contributed by atoms with Crippen molar-refractivity contribution in [3.05, 3.63) is 0 Å². The smallest absolute Gasteiger partial charge is 0.253 e. The zero-order valence-electron chi connectivity index (χ0n) is 9.16. The van der Waals surface area contributed by atoms with E-state index in [1.165, 1.54) is 0 Å². The SMILES string of the molecule is CCC(CC)N1N=C(C)C(CN)C1=O.